The van der Waals surface area contributed by atoms with Crippen LogP contribution in [-0.4, -0.2) is 26.4 Å². The van der Waals surface area contributed by atoms with Crippen molar-refractivity contribution in [3.05, 3.63) is 46.1 Å². The van der Waals surface area contributed by atoms with Gasteiger partial charge in [0, 0.05) is 23.4 Å². The third-order valence-corrected chi connectivity index (χ3v) is 4.48. The van der Waals surface area contributed by atoms with E-state index in [1.165, 1.54) is 4.68 Å². The van der Waals surface area contributed by atoms with Crippen molar-refractivity contribution in [2.75, 3.05) is 6.26 Å². The lowest BCUT2D eigenvalue weighted by Crippen LogP contribution is -2.29. The summed E-state index contributed by atoms with van der Waals surface area (Å²) in [4.78, 5) is 25.6. The minimum atomic E-state index is -0.168. The van der Waals surface area contributed by atoms with Gasteiger partial charge in [-0.05, 0) is 31.2 Å². The highest BCUT2D eigenvalue weighted by Gasteiger charge is 2.18. The predicted octanol–water partition coefficient (Wildman–Crippen LogP) is 1.99. The van der Waals surface area contributed by atoms with Crippen LogP contribution in [0.1, 0.15) is 29.0 Å². The molecule has 1 aliphatic heterocycles. The van der Waals surface area contributed by atoms with E-state index >= 15 is 0 Å². The highest BCUT2D eigenvalue weighted by Crippen LogP contribution is 2.15. The Balaban J connectivity index is 1.81. The van der Waals surface area contributed by atoms with Crippen LogP contribution < -0.4 is 5.69 Å². The fraction of sp³-hybridized carbons (Fsp3) is 0.400. The Labute approximate surface area is 127 Å². The molecule has 2 aromatic rings. The second kappa shape index (κ2) is 5.89. The number of thioether (sulfide) groups is 1. The number of rotatable bonds is 4. The van der Waals surface area contributed by atoms with Gasteiger partial charge in [-0.1, -0.05) is 12.1 Å². The van der Waals surface area contributed by atoms with Crippen LogP contribution in [0.15, 0.2) is 34.0 Å². The normalized spacial score (nSPS) is 14.0. The molecular weight excluding hydrogens is 286 g/mol. The number of Topliss-reactive ketones (excluding diaryl/α,β-unsaturated/α-hetero) is 1. The fourth-order valence-corrected chi connectivity index (χ4v) is 2.96. The summed E-state index contributed by atoms with van der Waals surface area (Å²) in [7, 11) is 0. The molecule has 110 valence electrons. The van der Waals surface area contributed by atoms with Crippen LogP contribution in [-0.2, 0) is 19.5 Å². The topological polar surface area (TPSA) is 56.9 Å². The zero-order chi connectivity index (χ0) is 14.8. The molecule has 5 nitrogen and oxygen atoms in total. The summed E-state index contributed by atoms with van der Waals surface area (Å²) in [6, 6.07) is 7.43. The average Bonchev–Trinajstić information content (AvgIpc) is 2.84. The number of hydrogen-bond acceptors (Lipinski definition) is 4. The number of fused-ring (bicyclic) bond motifs is 1. The number of hydrogen-bond donors (Lipinski definition) is 0. The van der Waals surface area contributed by atoms with E-state index < -0.39 is 0 Å². The summed E-state index contributed by atoms with van der Waals surface area (Å²) in [5.41, 5.74) is 0.449. The van der Waals surface area contributed by atoms with Crippen molar-refractivity contribution in [2.45, 2.75) is 37.2 Å². The first-order chi connectivity index (χ1) is 10.2. The molecule has 6 heteroatoms. The maximum Gasteiger partial charge on any atom is 0.346 e. The third kappa shape index (κ3) is 2.81. The Kier molecular flexibility index (Phi) is 3.96. The lowest BCUT2D eigenvalue weighted by molar-refractivity contribution is 0.0966. The largest absolute Gasteiger partial charge is 0.346 e. The summed E-state index contributed by atoms with van der Waals surface area (Å²) in [6.07, 6.45) is 4.87. The molecule has 0 fully saturated rings. The van der Waals surface area contributed by atoms with E-state index in [-0.39, 0.29) is 18.0 Å². The Morgan fingerprint density at radius 2 is 2.05 bits per heavy atom. The molecule has 0 saturated heterocycles. The second-order valence-electron chi connectivity index (χ2n) is 5.12. The summed E-state index contributed by atoms with van der Waals surface area (Å²) < 4.78 is 2.99. The van der Waals surface area contributed by atoms with Gasteiger partial charge in [-0.2, -0.15) is 5.10 Å². The van der Waals surface area contributed by atoms with Gasteiger partial charge in [0.25, 0.3) is 0 Å². The molecule has 1 aromatic heterocycles. The number of ketones is 1. The lowest BCUT2D eigenvalue weighted by atomic mass is 10.1. The zero-order valence-corrected chi connectivity index (χ0v) is 12.7. The number of benzene rings is 1. The van der Waals surface area contributed by atoms with E-state index in [9.17, 15) is 9.59 Å². The van der Waals surface area contributed by atoms with E-state index in [1.807, 2.05) is 18.4 Å². The quantitative estimate of drug-likeness (QED) is 0.640. The van der Waals surface area contributed by atoms with Crippen LogP contribution >= 0.6 is 11.8 Å². The van der Waals surface area contributed by atoms with E-state index in [1.54, 1.807) is 28.5 Å². The number of nitrogens with zero attached hydrogens (tertiary/aromatic N) is 3. The Morgan fingerprint density at radius 3 is 2.71 bits per heavy atom. The van der Waals surface area contributed by atoms with Gasteiger partial charge in [-0.15, -0.1) is 11.8 Å². The molecule has 0 amide bonds. The highest BCUT2D eigenvalue weighted by atomic mass is 32.2. The van der Waals surface area contributed by atoms with Gasteiger partial charge in [0.15, 0.2) is 5.78 Å². The van der Waals surface area contributed by atoms with Gasteiger partial charge < -0.3 is 0 Å². The minimum Gasteiger partial charge on any atom is -0.292 e. The molecule has 2 heterocycles. The molecule has 21 heavy (non-hydrogen) atoms. The minimum absolute atomic E-state index is 0.0114. The van der Waals surface area contributed by atoms with Crippen molar-refractivity contribution in [1.82, 2.24) is 14.3 Å². The number of aromatic nitrogens is 3. The maximum atomic E-state index is 12.3. The number of aryl methyl sites for hydroxylation is 1. The van der Waals surface area contributed by atoms with Gasteiger partial charge >= 0.3 is 5.69 Å². The van der Waals surface area contributed by atoms with Crippen LogP contribution in [0, 0.1) is 0 Å². The monoisotopic (exact) mass is 303 g/mol. The van der Waals surface area contributed by atoms with E-state index in [4.69, 9.17) is 0 Å². The summed E-state index contributed by atoms with van der Waals surface area (Å²) in [6.45, 7) is 0.724. The molecule has 0 atom stereocenters. The molecule has 3 rings (SSSR count). The molecule has 0 radical (unpaired) electrons. The van der Waals surface area contributed by atoms with Crippen molar-refractivity contribution >= 4 is 17.5 Å². The van der Waals surface area contributed by atoms with E-state index in [0.717, 1.165) is 30.0 Å². The number of carbonyl (C=O) groups is 1. The standard InChI is InChI=1S/C15H17N3O2S/c1-21-12-7-5-11(6-8-12)13(19)10-18-15(20)17-9-3-2-4-14(17)16-18/h5-8H,2-4,9-10H2,1H3. The van der Waals surface area contributed by atoms with Crippen molar-refractivity contribution < 1.29 is 4.79 Å². The van der Waals surface area contributed by atoms with Crippen LogP contribution in [0.3, 0.4) is 0 Å². The van der Waals surface area contributed by atoms with Crippen LogP contribution in [0.2, 0.25) is 0 Å². The first kappa shape index (κ1) is 14.1. The molecule has 1 aliphatic rings. The highest BCUT2D eigenvalue weighted by molar-refractivity contribution is 7.98. The summed E-state index contributed by atoms with van der Waals surface area (Å²) >= 11 is 1.63. The SMILES string of the molecule is CSc1ccc(C(=O)Cn2nc3n(c2=O)CCCC3)cc1. The van der Waals surface area contributed by atoms with Crippen molar-refractivity contribution in [2.24, 2.45) is 0 Å². The molecule has 0 saturated carbocycles. The predicted molar refractivity (Wildman–Crippen MR) is 82.0 cm³/mol. The van der Waals surface area contributed by atoms with Gasteiger partial charge in [0.05, 0.1) is 0 Å². The summed E-state index contributed by atoms with van der Waals surface area (Å²) in [5.74, 6) is 0.719. The van der Waals surface area contributed by atoms with Crippen LogP contribution in [0.25, 0.3) is 0 Å². The summed E-state index contributed by atoms with van der Waals surface area (Å²) in [5, 5.41) is 4.29. The van der Waals surface area contributed by atoms with E-state index in [0.29, 0.717) is 12.1 Å². The smallest absolute Gasteiger partial charge is 0.292 e. The Bertz CT molecular complexity index is 716. The van der Waals surface area contributed by atoms with Gasteiger partial charge in [-0.25, -0.2) is 9.48 Å². The first-order valence-electron chi connectivity index (χ1n) is 7.03. The number of carbonyl (C=O) groups excluding carboxylic acids is 1. The van der Waals surface area contributed by atoms with Crippen LogP contribution in [0.5, 0.6) is 0 Å². The first-order valence-corrected chi connectivity index (χ1v) is 8.25. The molecule has 0 spiro atoms. The van der Waals surface area contributed by atoms with Crippen LogP contribution in [0.4, 0.5) is 0 Å². The third-order valence-electron chi connectivity index (χ3n) is 3.74. The van der Waals surface area contributed by atoms with Crippen molar-refractivity contribution in [3.8, 4) is 0 Å². The molecule has 0 aliphatic carbocycles. The molecule has 0 N–H and O–H groups in total. The second-order valence-corrected chi connectivity index (χ2v) is 6.00. The molecule has 0 unspecified atom stereocenters. The lowest BCUT2D eigenvalue weighted by Gasteiger charge is -2.09. The van der Waals surface area contributed by atoms with Gasteiger partial charge in [-0.3, -0.25) is 9.36 Å². The zero-order valence-electron chi connectivity index (χ0n) is 11.9. The molecule has 0 bridgehead atoms. The molecular formula is C15H17N3O2S. The average molecular weight is 303 g/mol. The fourth-order valence-electron chi connectivity index (χ4n) is 2.56. The van der Waals surface area contributed by atoms with Gasteiger partial charge in [0.2, 0.25) is 0 Å². The van der Waals surface area contributed by atoms with Crippen molar-refractivity contribution in [3.63, 3.8) is 0 Å². The van der Waals surface area contributed by atoms with E-state index in [2.05, 4.69) is 5.10 Å². The maximum absolute atomic E-state index is 12.3. The molecule has 1 aromatic carbocycles. The van der Waals surface area contributed by atoms with Gasteiger partial charge in [0.1, 0.15) is 12.4 Å². The Hall–Kier alpha value is -1.82. The van der Waals surface area contributed by atoms with Crippen molar-refractivity contribution in [1.29, 1.82) is 0 Å². The Morgan fingerprint density at radius 1 is 1.29 bits per heavy atom.